The van der Waals surface area contributed by atoms with Crippen molar-refractivity contribution in [1.29, 1.82) is 0 Å². The molecule has 3 nitrogen and oxygen atoms in total. The van der Waals surface area contributed by atoms with Crippen molar-refractivity contribution in [2.45, 2.75) is 32.7 Å². The second-order valence-corrected chi connectivity index (χ2v) is 7.64. The molecule has 0 amide bonds. The van der Waals surface area contributed by atoms with Gasteiger partial charge in [-0.05, 0) is 18.3 Å². The highest BCUT2D eigenvalue weighted by atomic mass is 32.2. The van der Waals surface area contributed by atoms with E-state index in [4.69, 9.17) is 0 Å². The van der Waals surface area contributed by atoms with Gasteiger partial charge in [0.2, 0.25) is 0 Å². The molecule has 1 N–H and O–H groups in total. The van der Waals surface area contributed by atoms with Crippen molar-refractivity contribution < 1.29 is 4.21 Å². The molecular weight excluding hydrogens is 220 g/mol. The van der Waals surface area contributed by atoms with Crippen LogP contribution in [0.1, 0.15) is 26.7 Å². The Labute approximate surface area is 101 Å². The molecule has 94 valence electrons. The maximum atomic E-state index is 11.3. The van der Waals surface area contributed by atoms with Crippen molar-refractivity contribution in [3.63, 3.8) is 0 Å². The third kappa shape index (κ3) is 4.15. The van der Waals surface area contributed by atoms with Crippen molar-refractivity contribution in [3.8, 4) is 0 Å². The van der Waals surface area contributed by atoms with E-state index >= 15 is 0 Å². The lowest BCUT2D eigenvalue weighted by Gasteiger charge is -2.34. The van der Waals surface area contributed by atoms with E-state index in [2.05, 4.69) is 24.1 Å². The van der Waals surface area contributed by atoms with E-state index in [0.717, 1.165) is 43.7 Å². The molecule has 2 fully saturated rings. The predicted octanol–water partition coefficient (Wildman–Crippen LogP) is 0.829. The third-order valence-electron chi connectivity index (χ3n) is 3.37. The minimum atomic E-state index is -0.548. The summed E-state index contributed by atoms with van der Waals surface area (Å²) in [6, 6.07) is 0.799. The van der Waals surface area contributed by atoms with Crippen LogP contribution in [0.15, 0.2) is 0 Å². The molecule has 0 aromatic carbocycles. The molecule has 1 aliphatic carbocycles. The normalized spacial score (nSPS) is 24.9. The first-order valence-electron chi connectivity index (χ1n) is 6.36. The predicted molar refractivity (Wildman–Crippen MR) is 69.1 cm³/mol. The van der Waals surface area contributed by atoms with E-state index in [1.54, 1.807) is 0 Å². The molecule has 0 atom stereocenters. The first kappa shape index (κ1) is 12.5. The van der Waals surface area contributed by atoms with Crippen LogP contribution in [-0.4, -0.2) is 52.8 Å². The zero-order valence-corrected chi connectivity index (χ0v) is 11.3. The number of nitrogens with one attached hydrogen (secondary N) is 1. The number of hydrogen-bond acceptors (Lipinski definition) is 3. The Hall–Kier alpha value is 0.0700. The molecule has 4 heteroatoms. The Morgan fingerprint density at radius 1 is 1.31 bits per heavy atom. The molecule has 0 unspecified atom stereocenters. The highest BCUT2D eigenvalue weighted by molar-refractivity contribution is 7.85. The summed E-state index contributed by atoms with van der Waals surface area (Å²) in [5.41, 5.74) is 0.335. The first-order valence-corrected chi connectivity index (χ1v) is 7.85. The van der Waals surface area contributed by atoms with Crippen LogP contribution in [0.3, 0.4) is 0 Å². The highest BCUT2D eigenvalue weighted by Crippen LogP contribution is 2.22. The molecule has 1 aliphatic heterocycles. The molecule has 1 saturated heterocycles. The summed E-state index contributed by atoms with van der Waals surface area (Å²) in [5, 5.41) is 3.61. The SMILES string of the molecule is CC(C)(CNC1CC1)CN1CCS(=O)CC1. The van der Waals surface area contributed by atoms with Gasteiger partial charge in [-0.25, -0.2) is 0 Å². The van der Waals surface area contributed by atoms with Gasteiger partial charge in [-0.2, -0.15) is 0 Å². The lowest BCUT2D eigenvalue weighted by molar-refractivity contribution is 0.186. The van der Waals surface area contributed by atoms with Gasteiger partial charge in [-0.3, -0.25) is 4.21 Å². The second-order valence-electron chi connectivity index (χ2n) is 5.94. The van der Waals surface area contributed by atoms with Gasteiger partial charge in [0.25, 0.3) is 0 Å². The van der Waals surface area contributed by atoms with E-state index in [0.29, 0.717) is 5.41 Å². The Morgan fingerprint density at radius 2 is 1.94 bits per heavy atom. The molecule has 0 aromatic rings. The lowest BCUT2D eigenvalue weighted by Crippen LogP contribution is -2.46. The summed E-state index contributed by atoms with van der Waals surface area (Å²) in [4.78, 5) is 2.47. The van der Waals surface area contributed by atoms with Gasteiger partial charge in [0, 0.05) is 54.5 Å². The highest BCUT2D eigenvalue weighted by Gasteiger charge is 2.27. The van der Waals surface area contributed by atoms with Crippen LogP contribution in [0.5, 0.6) is 0 Å². The van der Waals surface area contributed by atoms with Crippen LogP contribution in [0.4, 0.5) is 0 Å². The fraction of sp³-hybridized carbons (Fsp3) is 1.00. The minimum absolute atomic E-state index is 0.335. The van der Waals surface area contributed by atoms with Gasteiger partial charge in [0.05, 0.1) is 0 Å². The van der Waals surface area contributed by atoms with Crippen molar-refractivity contribution in [2.24, 2.45) is 5.41 Å². The molecule has 0 spiro atoms. The lowest BCUT2D eigenvalue weighted by atomic mass is 9.92. The molecule has 16 heavy (non-hydrogen) atoms. The van der Waals surface area contributed by atoms with Crippen LogP contribution in [-0.2, 0) is 10.8 Å². The molecule has 0 radical (unpaired) electrons. The van der Waals surface area contributed by atoms with Gasteiger partial charge < -0.3 is 10.2 Å². The van der Waals surface area contributed by atoms with Gasteiger partial charge in [-0.1, -0.05) is 13.8 Å². The zero-order chi connectivity index (χ0) is 11.6. The monoisotopic (exact) mass is 244 g/mol. The Morgan fingerprint density at radius 3 is 2.50 bits per heavy atom. The second kappa shape index (κ2) is 5.15. The molecular formula is C12H24N2OS. The van der Waals surface area contributed by atoms with Crippen LogP contribution in [0.2, 0.25) is 0 Å². The minimum Gasteiger partial charge on any atom is -0.313 e. The van der Waals surface area contributed by atoms with Gasteiger partial charge in [0.15, 0.2) is 0 Å². The Kier molecular flexibility index (Phi) is 4.03. The van der Waals surface area contributed by atoms with Gasteiger partial charge >= 0.3 is 0 Å². The molecule has 0 aromatic heterocycles. The summed E-state index contributed by atoms with van der Waals surface area (Å²) >= 11 is 0. The Bertz CT molecular complexity index is 254. The number of nitrogens with zero attached hydrogens (tertiary/aromatic N) is 1. The van der Waals surface area contributed by atoms with E-state index in [1.165, 1.54) is 12.8 Å². The summed E-state index contributed by atoms with van der Waals surface area (Å²) in [6.07, 6.45) is 2.72. The maximum Gasteiger partial charge on any atom is 0.0363 e. The molecule has 2 rings (SSSR count). The van der Waals surface area contributed by atoms with Crippen molar-refractivity contribution in [1.82, 2.24) is 10.2 Å². The molecule has 1 heterocycles. The van der Waals surface area contributed by atoms with Crippen molar-refractivity contribution >= 4 is 10.8 Å². The summed E-state index contributed by atoms with van der Waals surface area (Å²) in [7, 11) is -0.548. The van der Waals surface area contributed by atoms with E-state index in [1.807, 2.05) is 0 Å². The third-order valence-corrected chi connectivity index (χ3v) is 4.64. The average Bonchev–Trinajstić information content (AvgIpc) is 3.02. The van der Waals surface area contributed by atoms with Gasteiger partial charge in [0.1, 0.15) is 0 Å². The molecule has 1 saturated carbocycles. The first-order chi connectivity index (χ1) is 7.55. The van der Waals surface area contributed by atoms with Crippen molar-refractivity contribution in [3.05, 3.63) is 0 Å². The smallest absolute Gasteiger partial charge is 0.0363 e. The van der Waals surface area contributed by atoms with E-state index in [-0.39, 0.29) is 0 Å². The van der Waals surface area contributed by atoms with E-state index in [9.17, 15) is 4.21 Å². The number of hydrogen-bond donors (Lipinski definition) is 1. The Balaban J connectivity index is 1.71. The summed E-state index contributed by atoms with van der Waals surface area (Å²) in [5.74, 6) is 1.73. The van der Waals surface area contributed by atoms with Crippen LogP contribution in [0, 0.1) is 5.41 Å². The van der Waals surface area contributed by atoms with Crippen LogP contribution >= 0.6 is 0 Å². The zero-order valence-electron chi connectivity index (χ0n) is 10.5. The fourth-order valence-electron chi connectivity index (χ4n) is 2.20. The topological polar surface area (TPSA) is 32.3 Å². The van der Waals surface area contributed by atoms with Crippen molar-refractivity contribution in [2.75, 3.05) is 37.7 Å². The molecule has 0 bridgehead atoms. The van der Waals surface area contributed by atoms with Gasteiger partial charge in [-0.15, -0.1) is 0 Å². The number of rotatable bonds is 5. The summed E-state index contributed by atoms with van der Waals surface area (Å²) in [6.45, 7) is 8.92. The fourth-order valence-corrected chi connectivity index (χ4v) is 3.33. The quantitative estimate of drug-likeness (QED) is 0.777. The van der Waals surface area contributed by atoms with Crippen LogP contribution < -0.4 is 5.32 Å². The summed E-state index contributed by atoms with van der Waals surface area (Å²) < 4.78 is 11.3. The van der Waals surface area contributed by atoms with E-state index < -0.39 is 10.8 Å². The standard InChI is InChI=1S/C12H24N2OS/c1-12(2,9-13-11-3-4-11)10-14-5-7-16(15)8-6-14/h11,13H,3-10H2,1-2H3. The largest absolute Gasteiger partial charge is 0.313 e. The maximum absolute atomic E-state index is 11.3. The average molecular weight is 244 g/mol. The van der Waals surface area contributed by atoms with Crippen LogP contribution in [0.25, 0.3) is 0 Å². The molecule has 2 aliphatic rings.